The monoisotopic (exact) mass is 212 g/mol. The minimum absolute atomic E-state index is 0.0465. The van der Waals surface area contributed by atoms with Crippen molar-refractivity contribution < 1.29 is 10.2 Å². The van der Waals surface area contributed by atoms with E-state index in [-0.39, 0.29) is 11.2 Å². The van der Waals surface area contributed by atoms with Crippen LogP contribution in [0, 0.1) is 0 Å². The van der Waals surface area contributed by atoms with Gasteiger partial charge in [-0.1, -0.05) is 0 Å². The van der Waals surface area contributed by atoms with E-state index in [1.807, 2.05) is 0 Å². The van der Waals surface area contributed by atoms with Gasteiger partial charge < -0.3 is 15.2 Å². The fourth-order valence-corrected chi connectivity index (χ4v) is 1.36. The first kappa shape index (κ1) is 9.62. The summed E-state index contributed by atoms with van der Waals surface area (Å²) in [6, 6.07) is 0. The third-order valence-corrected chi connectivity index (χ3v) is 2.09. The number of aliphatic hydroxyl groups is 2. The van der Waals surface area contributed by atoms with Crippen molar-refractivity contribution in [3.63, 3.8) is 0 Å². The Hall–Kier alpha value is -1.93. The van der Waals surface area contributed by atoms with E-state index in [9.17, 15) is 9.59 Å². The van der Waals surface area contributed by atoms with E-state index in [0.717, 1.165) is 4.57 Å². The Morgan fingerprint density at radius 1 is 1.47 bits per heavy atom. The van der Waals surface area contributed by atoms with Gasteiger partial charge in [0.25, 0.3) is 5.56 Å². The van der Waals surface area contributed by atoms with Crippen LogP contribution in [-0.2, 0) is 7.05 Å². The molecule has 0 amide bonds. The van der Waals surface area contributed by atoms with Crippen molar-refractivity contribution in [1.82, 2.24) is 19.1 Å². The summed E-state index contributed by atoms with van der Waals surface area (Å²) in [5.74, 6) is 0. The number of nitrogens with one attached hydrogen (secondary N) is 1. The highest BCUT2D eigenvalue weighted by Gasteiger charge is 2.16. The molecular weight excluding hydrogens is 204 g/mol. The third kappa shape index (κ3) is 1.19. The first-order valence-corrected chi connectivity index (χ1v) is 4.04. The van der Waals surface area contributed by atoms with Crippen molar-refractivity contribution in [3.8, 4) is 0 Å². The van der Waals surface area contributed by atoms with Crippen LogP contribution in [0.1, 0.15) is 6.41 Å². The van der Waals surface area contributed by atoms with Gasteiger partial charge in [0.05, 0.1) is 6.33 Å². The van der Waals surface area contributed by atoms with Crippen LogP contribution in [0.25, 0.3) is 11.2 Å². The number of hydrogen-bond acceptors (Lipinski definition) is 5. The Kier molecular flexibility index (Phi) is 1.95. The lowest BCUT2D eigenvalue weighted by molar-refractivity contribution is -0.107. The maximum atomic E-state index is 11.6. The highest BCUT2D eigenvalue weighted by Crippen LogP contribution is 2.00. The molecule has 15 heavy (non-hydrogen) atoms. The van der Waals surface area contributed by atoms with Crippen molar-refractivity contribution >= 4 is 11.2 Å². The molecule has 0 radical (unpaired) electrons. The molecule has 2 aromatic heterocycles. The van der Waals surface area contributed by atoms with Gasteiger partial charge in [-0.05, 0) is 0 Å². The molecule has 0 bridgehead atoms. The second-order valence-electron chi connectivity index (χ2n) is 2.96. The molecule has 0 atom stereocenters. The number of aliphatic hydroxyl groups excluding tert-OH is 1. The highest BCUT2D eigenvalue weighted by atomic mass is 16.5. The van der Waals surface area contributed by atoms with Crippen LogP contribution < -0.4 is 11.2 Å². The van der Waals surface area contributed by atoms with Gasteiger partial charge in [-0.3, -0.25) is 9.36 Å². The molecule has 80 valence electrons. The summed E-state index contributed by atoms with van der Waals surface area (Å²) in [5, 5.41) is 17.8. The zero-order valence-electron chi connectivity index (χ0n) is 7.71. The Labute approximate surface area is 82.0 Å². The zero-order valence-corrected chi connectivity index (χ0v) is 7.71. The summed E-state index contributed by atoms with van der Waals surface area (Å²) in [6.45, 7) is 0. The molecule has 2 rings (SSSR count). The van der Waals surface area contributed by atoms with E-state index in [2.05, 4.69) is 9.97 Å². The maximum Gasteiger partial charge on any atom is 0.336 e. The lowest BCUT2D eigenvalue weighted by Crippen LogP contribution is -2.41. The zero-order chi connectivity index (χ0) is 11.2. The molecule has 0 aliphatic carbocycles. The molecule has 0 aliphatic heterocycles. The molecule has 0 spiro atoms. The van der Waals surface area contributed by atoms with Gasteiger partial charge in [-0.2, -0.15) is 0 Å². The quantitative estimate of drug-likeness (QED) is 0.467. The summed E-state index contributed by atoms with van der Waals surface area (Å²) >= 11 is 0. The van der Waals surface area contributed by atoms with Gasteiger partial charge >= 0.3 is 5.69 Å². The number of nitrogens with zero attached hydrogens (tertiary/aromatic N) is 3. The number of aryl methyl sites for hydroxylation is 1. The van der Waals surface area contributed by atoms with E-state index in [1.165, 1.54) is 13.4 Å². The normalized spacial score (nSPS) is 11.5. The first-order chi connectivity index (χ1) is 7.04. The molecule has 0 fully saturated rings. The molecule has 0 saturated heterocycles. The van der Waals surface area contributed by atoms with E-state index in [4.69, 9.17) is 10.2 Å². The summed E-state index contributed by atoms with van der Waals surface area (Å²) in [7, 11) is 1.38. The van der Waals surface area contributed by atoms with Crippen molar-refractivity contribution in [3.05, 3.63) is 27.2 Å². The molecule has 0 saturated carbocycles. The summed E-state index contributed by atoms with van der Waals surface area (Å²) in [5.41, 5.74) is -1.44. The van der Waals surface area contributed by atoms with Crippen molar-refractivity contribution in [1.29, 1.82) is 0 Å². The van der Waals surface area contributed by atoms with Gasteiger partial charge in [0.15, 0.2) is 5.65 Å². The molecule has 0 aliphatic rings. The average Bonchev–Trinajstić information content (AvgIpc) is 2.62. The van der Waals surface area contributed by atoms with Crippen molar-refractivity contribution in [2.45, 2.75) is 6.41 Å². The highest BCUT2D eigenvalue weighted by molar-refractivity contribution is 5.68. The molecule has 3 N–H and O–H groups in total. The molecule has 0 unspecified atom stereocenters. The van der Waals surface area contributed by atoms with Crippen LogP contribution in [0.2, 0.25) is 0 Å². The van der Waals surface area contributed by atoms with Gasteiger partial charge in [0.1, 0.15) is 5.52 Å². The summed E-state index contributed by atoms with van der Waals surface area (Å²) in [6.07, 6.45) is -0.913. The number of rotatable bonds is 1. The van der Waals surface area contributed by atoms with Gasteiger partial charge in [0.2, 0.25) is 6.41 Å². The molecule has 2 heterocycles. The minimum atomic E-state index is -2.16. The summed E-state index contributed by atoms with van der Waals surface area (Å²) in [4.78, 5) is 29.4. The van der Waals surface area contributed by atoms with Gasteiger partial charge in [-0.15, -0.1) is 0 Å². The SMILES string of the molecule is Cn1c(=O)n(C(O)O)c(=O)c2[nH]cnc21. The second-order valence-corrected chi connectivity index (χ2v) is 2.96. The topological polar surface area (TPSA) is 113 Å². The van der Waals surface area contributed by atoms with Crippen LogP contribution in [0.15, 0.2) is 15.9 Å². The van der Waals surface area contributed by atoms with Crippen molar-refractivity contribution in [2.75, 3.05) is 0 Å². The number of H-pyrrole nitrogens is 1. The fraction of sp³-hybridized carbons (Fsp3) is 0.286. The first-order valence-electron chi connectivity index (χ1n) is 4.04. The molecule has 0 aromatic carbocycles. The lowest BCUT2D eigenvalue weighted by Gasteiger charge is -2.08. The Balaban J connectivity index is 3.06. The standard InChI is InChI=1S/C7H8N4O4/c1-10-4-3(8-2-9-4)5(12)11(6(10)13)7(14)15/h2,7,14-15H,1H3,(H,8,9). The molecular formula is C7H8N4O4. The Morgan fingerprint density at radius 2 is 2.13 bits per heavy atom. The summed E-state index contributed by atoms with van der Waals surface area (Å²) < 4.78 is 1.37. The Bertz CT molecular complexity index is 620. The van der Waals surface area contributed by atoms with Crippen LogP contribution in [0.4, 0.5) is 0 Å². The number of hydrogen-bond donors (Lipinski definition) is 3. The average molecular weight is 212 g/mol. The maximum absolute atomic E-state index is 11.6. The minimum Gasteiger partial charge on any atom is -0.351 e. The van der Waals surface area contributed by atoms with Gasteiger partial charge in [0, 0.05) is 7.05 Å². The lowest BCUT2D eigenvalue weighted by atomic mass is 10.5. The smallest absolute Gasteiger partial charge is 0.336 e. The van der Waals surface area contributed by atoms with E-state index < -0.39 is 17.7 Å². The van der Waals surface area contributed by atoms with E-state index >= 15 is 0 Å². The van der Waals surface area contributed by atoms with Crippen molar-refractivity contribution in [2.24, 2.45) is 7.05 Å². The van der Waals surface area contributed by atoms with E-state index in [0.29, 0.717) is 4.57 Å². The van der Waals surface area contributed by atoms with Gasteiger partial charge in [-0.25, -0.2) is 14.3 Å². The molecule has 8 nitrogen and oxygen atoms in total. The number of aromatic amines is 1. The molecule has 8 heteroatoms. The second kappa shape index (κ2) is 3.04. The number of fused-ring (bicyclic) bond motifs is 1. The predicted molar refractivity (Wildman–Crippen MR) is 49.1 cm³/mol. The fourth-order valence-electron chi connectivity index (χ4n) is 1.36. The largest absolute Gasteiger partial charge is 0.351 e. The number of aromatic nitrogens is 4. The van der Waals surface area contributed by atoms with Crippen LogP contribution in [-0.4, -0.2) is 29.3 Å². The van der Waals surface area contributed by atoms with Crippen LogP contribution in [0.3, 0.4) is 0 Å². The van der Waals surface area contributed by atoms with Crippen LogP contribution in [0.5, 0.6) is 0 Å². The molecule has 2 aromatic rings. The third-order valence-electron chi connectivity index (χ3n) is 2.09. The number of imidazole rings is 1. The van der Waals surface area contributed by atoms with Crippen LogP contribution >= 0.6 is 0 Å². The van der Waals surface area contributed by atoms with E-state index in [1.54, 1.807) is 0 Å². The Morgan fingerprint density at radius 3 is 2.73 bits per heavy atom. The predicted octanol–water partition coefficient (Wildman–Crippen LogP) is -2.14.